The Hall–Kier alpha value is -2.97. The van der Waals surface area contributed by atoms with Crippen LogP contribution in [0.1, 0.15) is 65.2 Å². The van der Waals surface area contributed by atoms with E-state index >= 15 is 0 Å². The van der Waals surface area contributed by atoms with Gasteiger partial charge < -0.3 is 49.7 Å². The normalized spacial score (nSPS) is 14.2. The van der Waals surface area contributed by atoms with Gasteiger partial charge in [-0.15, -0.1) is 0 Å². The van der Waals surface area contributed by atoms with Crippen LogP contribution in [0.15, 0.2) is 4.99 Å². The van der Waals surface area contributed by atoms with E-state index in [-0.39, 0.29) is 24.7 Å². The fourth-order valence-corrected chi connectivity index (χ4v) is 3.49. The quantitative estimate of drug-likeness (QED) is 0.0467. The molecule has 0 saturated heterocycles. The average Bonchev–Trinajstić information content (AvgIpc) is 2.82. The number of hydrogen-bond donors (Lipinski definition) is 9. The first-order valence-corrected chi connectivity index (χ1v) is 12.8. The molecule has 0 aliphatic carbocycles. The van der Waals surface area contributed by atoms with Crippen molar-refractivity contribution in [3.63, 3.8) is 0 Å². The van der Waals surface area contributed by atoms with Crippen LogP contribution in [0.5, 0.6) is 0 Å². The highest BCUT2D eigenvalue weighted by Gasteiger charge is 2.31. The van der Waals surface area contributed by atoms with Crippen molar-refractivity contribution in [1.82, 2.24) is 16.0 Å². The molecule has 0 aliphatic heterocycles. The van der Waals surface area contributed by atoms with Crippen molar-refractivity contribution < 1.29 is 24.3 Å². The van der Waals surface area contributed by atoms with Crippen LogP contribution in [-0.4, -0.2) is 78.6 Å². The molecule has 0 heterocycles. The highest BCUT2D eigenvalue weighted by atomic mass is 16.4. The molecule has 0 aromatic heterocycles. The van der Waals surface area contributed by atoms with Crippen LogP contribution in [0.4, 0.5) is 0 Å². The predicted octanol–water partition coefficient (Wildman–Crippen LogP) is -2.18. The number of hydrogen-bond acceptors (Lipinski definition) is 8. The number of nitrogens with zero attached hydrogens (tertiary/aromatic N) is 1. The maximum Gasteiger partial charge on any atom is 0.326 e. The van der Waals surface area contributed by atoms with Crippen molar-refractivity contribution in [2.45, 2.75) is 89.4 Å². The number of amides is 3. The monoisotopic (exact) mass is 529 g/mol. The van der Waals surface area contributed by atoms with Gasteiger partial charge in [-0.1, -0.05) is 13.8 Å². The van der Waals surface area contributed by atoms with Gasteiger partial charge in [0.25, 0.3) is 0 Å². The van der Waals surface area contributed by atoms with E-state index in [1.807, 2.05) is 0 Å². The lowest BCUT2D eigenvalue weighted by atomic mass is 10.0. The minimum absolute atomic E-state index is 0.0530. The van der Waals surface area contributed by atoms with Crippen molar-refractivity contribution in [3.05, 3.63) is 0 Å². The second kappa shape index (κ2) is 19.2. The Kier molecular flexibility index (Phi) is 17.6. The molecule has 0 saturated carbocycles. The van der Waals surface area contributed by atoms with Gasteiger partial charge in [-0.25, -0.2) is 4.79 Å². The molecular weight excluding hydrogens is 482 g/mol. The number of nitrogens with one attached hydrogen (secondary N) is 3. The Bertz CT molecular complexity index is 744. The molecule has 3 amide bonds. The molecule has 0 spiro atoms. The van der Waals surface area contributed by atoms with E-state index in [4.69, 9.17) is 28.7 Å². The summed E-state index contributed by atoms with van der Waals surface area (Å²) in [5, 5.41) is 17.3. The van der Waals surface area contributed by atoms with Gasteiger partial charge in [-0.2, -0.15) is 0 Å². The van der Waals surface area contributed by atoms with Gasteiger partial charge in [0.05, 0.1) is 6.04 Å². The van der Waals surface area contributed by atoms with Crippen molar-refractivity contribution in [1.29, 1.82) is 0 Å². The van der Waals surface area contributed by atoms with Gasteiger partial charge in [0.2, 0.25) is 17.7 Å². The summed E-state index contributed by atoms with van der Waals surface area (Å²) < 4.78 is 0. The Morgan fingerprint density at radius 3 is 1.68 bits per heavy atom. The van der Waals surface area contributed by atoms with Crippen molar-refractivity contribution in [2.75, 3.05) is 19.6 Å². The number of rotatable bonds is 20. The lowest BCUT2D eigenvalue weighted by molar-refractivity contribution is -0.143. The first-order valence-electron chi connectivity index (χ1n) is 12.8. The smallest absolute Gasteiger partial charge is 0.326 e. The van der Waals surface area contributed by atoms with E-state index in [1.54, 1.807) is 13.8 Å². The summed E-state index contributed by atoms with van der Waals surface area (Å²) in [5.41, 5.74) is 27.7. The fourth-order valence-electron chi connectivity index (χ4n) is 3.49. The van der Waals surface area contributed by atoms with Crippen LogP contribution in [0.2, 0.25) is 0 Å². The highest BCUT2D eigenvalue weighted by molar-refractivity contribution is 5.94. The first-order chi connectivity index (χ1) is 17.4. The molecule has 14 heteroatoms. The van der Waals surface area contributed by atoms with Crippen LogP contribution in [0, 0.1) is 5.92 Å². The number of carbonyl (C=O) groups is 4. The minimum Gasteiger partial charge on any atom is -0.480 e. The van der Waals surface area contributed by atoms with Gasteiger partial charge in [0.1, 0.15) is 18.1 Å². The number of guanidine groups is 1. The number of aliphatic carboxylic acids is 1. The zero-order valence-corrected chi connectivity index (χ0v) is 22.1. The molecule has 37 heavy (non-hydrogen) atoms. The molecule has 0 bridgehead atoms. The number of nitrogens with two attached hydrogens (primary N) is 5. The summed E-state index contributed by atoms with van der Waals surface area (Å²) in [5.74, 6) is -3.29. The zero-order valence-electron chi connectivity index (χ0n) is 22.1. The van der Waals surface area contributed by atoms with Crippen molar-refractivity contribution in [3.8, 4) is 0 Å². The van der Waals surface area contributed by atoms with E-state index in [0.29, 0.717) is 58.2 Å². The Labute approximate surface area is 218 Å². The average molecular weight is 530 g/mol. The summed E-state index contributed by atoms with van der Waals surface area (Å²) in [6.45, 7) is 4.49. The molecule has 14 nitrogen and oxygen atoms in total. The molecule has 14 N–H and O–H groups in total. The van der Waals surface area contributed by atoms with Gasteiger partial charge in [-0.05, 0) is 70.4 Å². The fraction of sp³-hybridized carbons (Fsp3) is 0.783. The molecular formula is C23H47N9O5. The number of carbonyl (C=O) groups excluding carboxylic acids is 3. The first kappa shape index (κ1) is 34.0. The summed E-state index contributed by atoms with van der Waals surface area (Å²) in [7, 11) is 0. The molecule has 4 unspecified atom stereocenters. The zero-order chi connectivity index (χ0) is 28.4. The predicted molar refractivity (Wildman–Crippen MR) is 142 cm³/mol. The summed E-state index contributed by atoms with van der Waals surface area (Å²) >= 11 is 0. The van der Waals surface area contributed by atoms with Crippen LogP contribution in [0.25, 0.3) is 0 Å². The Morgan fingerprint density at radius 2 is 1.24 bits per heavy atom. The number of carboxylic acid groups (broad SMARTS) is 1. The molecule has 0 aromatic carbocycles. The molecule has 0 radical (unpaired) electrons. The maximum atomic E-state index is 13.2. The van der Waals surface area contributed by atoms with E-state index in [0.717, 1.165) is 0 Å². The van der Waals surface area contributed by atoms with Crippen LogP contribution in [-0.2, 0) is 19.2 Å². The van der Waals surface area contributed by atoms with E-state index in [9.17, 15) is 24.3 Å². The number of carboxylic acids is 1. The Balaban J connectivity index is 5.44. The molecule has 0 aromatic rings. The summed E-state index contributed by atoms with van der Waals surface area (Å²) in [6.07, 6.45) is 3.68. The van der Waals surface area contributed by atoms with E-state index in [2.05, 4.69) is 20.9 Å². The largest absolute Gasteiger partial charge is 0.480 e. The number of aliphatic imine (C=N–C) groups is 1. The topological polar surface area (TPSA) is 267 Å². The van der Waals surface area contributed by atoms with Crippen LogP contribution >= 0.6 is 0 Å². The molecule has 0 aliphatic rings. The van der Waals surface area contributed by atoms with Crippen LogP contribution < -0.4 is 44.6 Å². The number of unbranched alkanes of at least 4 members (excludes halogenated alkanes) is 2. The maximum absolute atomic E-state index is 13.2. The van der Waals surface area contributed by atoms with Crippen molar-refractivity contribution in [2.24, 2.45) is 39.6 Å². The van der Waals surface area contributed by atoms with Gasteiger partial charge in [0, 0.05) is 6.54 Å². The Morgan fingerprint density at radius 1 is 0.757 bits per heavy atom. The van der Waals surface area contributed by atoms with E-state index < -0.39 is 47.9 Å². The van der Waals surface area contributed by atoms with Crippen molar-refractivity contribution >= 4 is 29.7 Å². The molecule has 0 rings (SSSR count). The van der Waals surface area contributed by atoms with E-state index in [1.165, 1.54) is 0 Å². The third kappa shape index (κ3) is 15.0. The molecule has 4 atom stereocenters. The standard InChI is InChI=1S/C23H47N9O5/c1-14(2)18(22(36)37)32-21(35)17(10-4-6-12-25)31-20(34)16(9-3-5-11-24)30-19(33)15(26)8-7-13-29-23(27)28/h14-18H,3-13,24-26H2,1-2H3,(H,30,33)(H,31,34)(H,32,35)(H,36,37)(H4,27,28,29). The lowest BCUT2D eigenvalue weighted by Crippen LogP contribution is -2.57. The minimum atomic E-state index is -1.17. The molecule has 214 valence electrons. The van der Waals surface area contributed by atoms with Gasteiger partial charge in [-0.3, -0.25) is 19.4 Å². The molecule has 0 fully saturated rings. The summed E-state index contributed by atoms with van der Waals surface area (Å²) in [6, 6.07) is -3.95. The third-order valence-electron chi connectivity index (χ3n) is 5.69. The van der Waals surface area contributed by atoms with Gasteiger partial charge in [0.15, 0.2) is 5.96 Å². The third-order valence-corrected chi connectivity index (χ3v) is 5.69. The lowest BCUT2D eigenvalue weighted by Gasteiger charge is -2.26. The van der Waals surface area contributed by atoms with Crippen LogP contribution in [0.3, 0.4) is 0 Å². The highest BCUT2D eigenvalue weighted by Crippen LogP contribution is 2.08. The second-order valence-corrected chi connectivity index (χ2v) is 9.32. The summed E-state index contributed by atoms with van der Waals surface area (Å²) in [4.78, 5) is 54.1. The SMILES string of the molecule is CC(C)C(NC(=O)C(CCCCN)NC(=O)C(CCCCN)NC(=O)C(N)CCCN=C(N)N)C(=O)O. The second-order valence-electron chi connectivity index (χ2n) is 9.32. The van der Waals surface area contributed by atoms with Gasteiger partial charge >= 0.3 is 5.97 Å².